The van der Waals surface area contributed by atoms with Gasteiger partial charge in [0.05, 0.1) is 0 Å². The Labute approximate surface area is 93.9 Å². The lowest BCUT2D eigenvalue weighted by atomic mass is 10.0. The van der Waals surface area contributed by atoms with Crippen molar-refractivity contribution in [1.82, 2.24) is 4.98 Å². The summed E-state index contributed by atoms with van der Waals surface area (Å²) in [6, 6.07) is 4.46. The molecule has 1 aromatic heterocycles. The van der Waals surface area contributed by atoms with E-state index in [4.69, 9.17) is 0 Å². The van der Waals surface area contributed by atoms with E-state index in [1.165, 1.54) is 42.6 Å². The lowest BCUT2D eigenvalue weighted by Gasteiger charge is -2.08. The van der Waals surface area contributed by atoms with E-state index in [1.807, 2.05) is 0 Å². The molecule has 0 N–H and O–H groups in total. The van der Waals surface area contributed by atoms with Gasteiger partial charge in [0.15, 0.2) is 0 Å². The Balaban J connectivity index is 2.69. The monoisotopic (exact) mass is 205 g/mol. The van der Waals surface area contributed by atoms with Crippen molar-refractivity contribution in [2.75, 3.05) is 0 Å². The Bertz CT molecular complexity index is 291. The second-order valence-electron chi connectivity index (χ2n) is 4.07. The Morgan fingerprint density at radius 1 is 1.00 bits per heavy atom. The molecule has 84 valence electrons. The van der Waals surface area contributed by atoms with Crippen LogP contribution in [0.1, 0.15) is 57.0 Å². The fourth-order valence-corrected chi connectivity index (χ4v) is 1.87. The maximum Gasteiger partial charge on any atom is 0.0436 e. The molecule has 0 radical (unpaired) electrons. The standard InChI is InChI=1S/C14H23N/c1-4-7-8-9-12-10-11-13(5-2)15-14(12)6-3/h10-11H,4-9H2,1-3H3. The molecule has 0 aromatic carbocycles. The minimum atomic E-state index is 1.04. The number of nitrogens with zero attached hydrogens (tertiary/aromatic N) is 1. The highest BCUT2D eigenvalue weighted by atomic mass is 14.7. The van der Waals surface area contributed by atoms with E-state index < -0.39 is 0 Å². The van der Waals surface area contributed by atoms with Gasteiger partial charge in [0.25, 0.3) is 0 Å². The molecule has 1 heteroatoms. The minimum absolute atomic E-state index is 1.04. The van der Waals surface area contributed by atoms with Gasteiger partial charge in [0.2, 0.25) is 0 Å². The lowest BCUT2D eigenvalue weighted by Crippen LogP contribution is -2.00. The molecule has 0 unspecified atom stereocenters. The first kappa shape index (κ1) is 12.2. The predicted octanol–water partition coefficient (Wildman–Crippen LogP) is 3.94. The van der Waals surface area contributed by atoms with Crippen LogP contribution in [0.2, 0.25) is 0 Å². The first-order valence-corrected chi connectivity index (χ1v) is 6.29. The first-order chi connectivity index (χ1) is 7.31. The van der Waals surface area contributed by atoms with Crippen molar-refractivity contribution in [2.45, 2.75) is 59.3 Å². The van der Waals surface area contributed by atoms with Crippen molar-refractivity contribution in [2.24, 2.45) is 0 Å². The van der Waals surface area contributed by atoms with Crippen LogP contribution in [0.3, 0.4) is 0 Å². The van der Waals surface area contributed by atoms with Crippen LogP contribution in [0, 0.1) is 0 Å². The third-order valence-electron chi connectivity index (χ3n) is 2.87. The van der Waals surface area contributed by atoms with Crippen molar-refractivity contribution in [3.8, 4) is 0 Å². The molecule has 0 aliphatic carbocycles. The van der Waals surface area contributed by atoms with Crippen LogP contribution in [0.4, 0.5) is 0 Å². The maximum absolute atomic E-state index is 4.69. The molecule has 1 nitrogen and oxygen atoms in total. The molecule has 0 atom stereocenters. The number of pyridine rings is 1. The maximum atomic E-state index is 4.69. The quantitative estimate of drug-likeness (QED) is 0.641. The topological polar surface area (TPSA) is 12.9 Å². The molecular formula is C14H23N. The Morgan fingerprint density at radius 3 is 2.40 bits per heavy atom. The largest absolute Gasteiger partial charge is 0.258 e. The Morgan fingerprint density at radius 2 is 1.80 bits per heavy atom. The number of aryl methyl sites for hydroxylation is 3. The Hall–Kier alpha value is -0.850. The van der Waals surface area contributed by atoms with Gasteiger partial charge in [0, 0.05) is 11.4 Å². The number of hydrogen-bond donors (Lipinski definition) is 0. The third-order valence-corrected chi connectivity index (χ3v) is 2.87. The number of rotatable bonds is 6. The van der Waals surface area contributed by atoms with Crippen LogP contribution in [0.25, 0.3) is 0 Å². The highest BCUT2D eigenvalue weighted by Gasteiger charge is 2.03. The molecule has 0 aliphatic rings. The molecule has 1 rings (SSSR count). The first-order valence-electron chi connectivity index (χ1n) is 6.29. The second-order valence-corrected chi connectivity index (χ2v) is 4.07. The van der Waals surface area contributed by atoms with Crippen LogP contribution in [0.5, 0.6) is 0 Å². The van der Waals surface area contributed by atoms with Crippen LogP contribution in [-0.4, -0.2) is 4.98 Å². The van der Waals surface area contributed by atoms with Crippen molar-refractivity contribution < 1.29 is 0 Å². The highest BCUT2D eigenvalue weighted by Crippen LogP contribution is 2.13. The van der Waals surface area contributed by atoms with Gasteiger partial charge in [-0.1, -0.05) is 39.7 Å². The number of hydrogen-bond acceptors (Lipinski definition) is 1. The fraction of sp³-hybridized carbons (Fsp3) is 0.643. The van der Waals surface area contributed by atoms with Gasteiger partial charge in [0.1, 0.15) is 0 Å². The normalized spacial score (nSPS) is 10.6. The zero-order chi connectivity index (χ0) is 11.1. The molecule has 0 amide bonds. The predicted molar refractivity (Wildman–Crippen MR) is 66.2 cm³/mol. The van der Waals surface area contributed by atoms with Crippen molar-refractivity contribution in [3.63, 3.8) is 0 Å². The molecule has 0 fully saturated rings. The van der Waals surface area contributed by atoms with Gasteiger partial charge in [-0.25, -0.2) is 0 Å². The summed E-state index contributed by atoms with van der Waals surface area (Å²) in [5.41, 5.74) is 4.00. The summed E-state index contributed by atoms with van der Waals surface area (Å²) in [4.78, 5) is 4.69. The van der Waals surface area contributed by atoms with Crippen molar-refractivity contribution >= 4 is 0 Å². The zero-order valence-electron chi connectivity index (χ0n) is 10.3. The van der Waals surface area contributed by atoms with Gasteiger partial charge in [-0.3, -0.25) is 4.98 Å². The van der Waals surface area contributed by atoms with E-state index in [2.05, 4.69) is 37.9 Å². The summed E-state index contributed by atoms with van der Waals surface area (Å²) in [6.07, 6.45) is 7.24. The van der Waals surface area contributed by atoms with Gasteiger partial charge in [-0.2, -0.15) is 0 Å². The summed E-state index contributed by atoms with van der Waals surface area (Å²) in [7, 11) is 0. The summed E-state index contributed by atoms with van der Waals surface area (Å²) < 4.78 is 0. The van der Waals surface area contributed by atoms with Crippen LogP contribution < -0.4 is 0 Å². The van der Waals surface area contributed by atoms with E-state index in [0.29, 0.717) is 0 Å². The molecule has 0 spiro atoms. The van der Waals surface area contributed by atoms with Crippen molar-refractivity contribution in [1.29, 1.82) is 0 Å². The number of aromatic nitrogens is 1. The van der Waals surface area contributed by atoms with Gasteiger partial charge >= 0.3 is 0 Å². The molecule has 0 saturated carbocycles. The van der Waals surface area contributed by atoms with E-state index in [1.54, 1.807) is 0 Å². The molecule has 15 heavy (non-hydrogen) atoms. The molecule has 0 bridgehead atoms. The summed E-state index contributed by atoms with van der Waals surface area (Å²) in [5.74, 6) is 0. The SMILES string of the molecule is CCCCCc1ccc(CC)nc1CC. The zero-order valence-corrected chi connectivity index (χ0v) is 10.3. The average Bonchev–Trinajstić information content (AvgIpc) is 2.29. The molecule has 0 saturated heterocycles. The second kappa shape index (κ2) is 6.60. The third kappa shape index (κ3) is 3.65. The smallest absolute Gasteiger partial charge is 0.0436 e. The van der Waals surface area contributed by atoms with E-state index >= 15 is 0 Å². The van der Waals surface area contributed by atoms with E-state index in [-0.39, 0.29) is 0 Å². The summed E-state index contributed by atoms with van der Waals surface area (Å²) in [6.45, 7) is 6.61. The van der Waals surface area contributed by atoms with Crippen LogP contribution >= 0.6 is 0 Å². The van der Waals surface area contributed by atoms with Gasteiger partial charge in [-0.15, -0.1) is 0 Å². The number of unbranched alkanes of at least 4 members (excludes halogenated alkanes) is 2. The molecule has 1 aromatic rings. The summed E-state index contributed by atoms with van der Waals surface area (Å²) in [5, 5.41) is 0. The average molecular weight is 205 g/mol. The van der Waals surface area contributed by atoms with E-state index in [0.717, 1.165) is 12.8 Å². The van der Waals surface area contributed by atoms with Crippen molar-refractivity contribution in [3.05, 3.63) is 29.1 Å². The van der Waals surface area contributed by atoms with Gasteiger partial charge in [-0.05, 0) is 37.3 Å². The summed E-state index contributed by atoms with van der Waals surface area (Å²) >= 11 is 0. The molecule has 1 heterocycles. The fourth-order valence-electron chi connectivity index (χ4n) is 1.87. The minimum Gasteiger partial charge on any atom is -0.258 e. The molecule has 0 aliphatic heterocycles. The van der Waals surface area contributed by atoms with Crippen LogP contribution in [0.15, 0.2) is 12.1 Å². The molecular weight excluding hydrogens is 182 g/mol. The highest BCUT2D eigenvalue weighted by molar-refractivity contribution is 5.23. The lowest BCUT2D eigenvalue weighted by molar-refractivity contribution is 0.709. The van der Waals surface area contributed by atoms with Gasteiger partial charge < -0.3 is 0 Å². The Kier molecular flexibility index (Phi) is 5.38. The van der Waals surface area contributed by atoms with Crippen LogP contribution in [-0.2, 0) is 19.3 Å². The van der Waals surface area contributed by atoms with E-state index in [9.17, 15) is 0 Å².